The highest BCUT2D eigenvalue weighted by atomic mass is 16.5. The fraction of sp³-hybridized carbons (Fsp3) is 0.625. The minimum absolute atomic E-state index is 0.408. The van der Waals surface area contributed by atoms with Gasteiger partial charge in [-0.1, -0.05) is 26.8 Å². The van der Waals surface area contributed by atoms with Crippen LogP contribution < -0.4 is 15.0 Å². The summed E-state index contributed by atoms with van der Waals surface area (Å²) in [6.07, 6.45) is 1.20. The van der Waals surface area contributed by atoms with Crippen molar-refractivity contribution in [3.63, 3.8) is 0 Å². The van der Waals surface area contributed by atoms with E-state index in [9.17, 15) is 0 Å². The van der Waals surface area contributed by atoms with Crippen molar-refractivity contribution >= 4 is 5.69 Å². The van der Waals surface area contributed by atoms with Gasteiger partial charge in [-0.15, -0.1) is 0 Å². The molecule has 108 valence electrons. The molecule has 19 heavy (non-hydrogen) atoms. The second kappa shape index (κ2) is 7.39. The molecular weight excluding hydrogens is 236 g/mol. The van der Waals surface area contributed by atoms with Crippen molar-refractivity contribution in [2.24, 2.45) is 5.41 Å². The van der Waals surface area contributed by atoms with Gasteiger partial charge in [0.05, 0.1) is 7.11 Å². The molecule has 0 amide bonds. The van der Waals surface area contributed by atoms with Crippen LogP contribution in [0, 0.1) is 5.41 Å². The maximum absolute atomic E-state index is 5.24. The number of methoxy groups -OCH3 is 1. The van der Waals surface area contributed by atoms with Gasteiger partial charge in [0.1, 0.15) is 5.75 Å². The molecule has 0 fully saturated rings. The zero-order valence-electron chi connectivity index (χ0n) is 13.0. The number of anilines is 1. The predicted molar refractivity (Wildman–Crippen MR) is 83.2 cm³/mol. The normalized spacial score (nSPS) is 11.4. The van der Waals surface area contributed by atoms with Crippen LogP contribution in [-0.4, -0.2) is 33.8 Å². The average molecular weight is 264 g/mol. The number of rotatable bonds is 7. The predicted octanol–water partition coefficient (Wildman–Crippen LogP) is 3.16. The van der Waals surface area contributed by atoms with Gasteiger partial charge in [-0.3, -0.25) is 0 Å². The van der Waals surface area contributed by atoms with E-state index in [-0.39, 0.29) is 0 Å². The summed E-state index contributed by atoms with van der Waals surface area (Å²) in [7, 11) is 3.81. The van der Waals surface area contributed by atoms with Crippen LogP contribution in [0.4, 0.5) is 5.69 Å². The molecule has 0 aliphatic carbocycles. The van der Waals surface area contributed by atoms with Crippen molar-refractivity contribution in [1.82, 2.24) is 5.32 Å². The van der Waals surface area contributed by atoms with Gasteiger partial charge in [0.15, 0.2) is 0 Å². The Hall–Kier alpha value is -1.22. The van der Waals surface area contributed by atoms with Crippen LogP contribution in [0.5, 0.6) is 5.75 Å². The quantitative estimate of drug-likeness (QED) is 0.766. The van der Waals surface area contributed by atoms with Crippen molar-refractivity contribution in [3.8, 4) is 5.75 Å². The van der Waals surface area contributed by atoms with E-state index < -0.39 is 0 Å². The minimum Gasteiger partial charge on any atom is -0.497 e. The van der Waals surface area contributed by atoms with Crippen LogP contribution in [0.15, 0.2) is 24.3 Å². The lowest BCUT2D eigenvalue weighted by Crippen LogP contribution is -2.30. The van der Waals surface area contributed by atoms with Crippen molar-refractivity contribution in [1.29, 1.82) is 0 Å². The van der Waals surface area contributed by atoms with E-state index in [1.54, 1.807) is 7.11 Å². The molecule has 1 rings (SSSR count). The number of nitrogens with zero attached hydrogens (tertiary/aromatic N) is 1. The van der Waals surface area contributed by atoms with Gasteiger partial charge in [0.25, 0.3) is 0 Å². The van der Waals surface area contributed by atoms with E-state index in [1.165, 1.54) is 12.1 Å². The molecule has 3 nitrogen and oxygen atoms in total. The summed E-state index contributed by atoms with van der Waals surface area (Å²) in [6, 6.07) is 8.17. The van der Waals surface area contributed by atoms with E-state index >= 15 is 0 Å². The maximum Gasteiger partial charge on any atom is 0.120 e. The Morgan fingerprint density at radius 1 is 1.21 bits per heavy atom. The second-order valence-corrected chi connectivity index (χ2v) is 6.18. The van der Waals surface area contributed by atoms with E-state index in [2.05, 4.69) is 50.2 Å². The minimum atomic E-state index is 0.408. The first kappa shape index (κ1) is 15.8. The molecule has 0 atom stereocenters. The summed E-state index contributed by atoms with van der Waals surface area (Å²) in [6.45, 7) is 9.90. The van der Waals surface area contributed by atoms with Gasteiger partial charge >= 0.3 is 0 Å². The van der Waals surface area contributed by atoms with Gasteiger partial charge in [-0.2, -0.15) is 0 Å². The summed E-state index contributed by atoms with van der Waals surface area (Å²) in [5, 5.41) is 3.50. The molecule has 1 aromatic rings. The van der Waals surface area contributed by atoms with Crippen molar-refractivity contribution in [3.05, 3.63) is 24.3 Å². The van der Waals surface area contributed by atoms with Gasteiger partial charge in [0.2, 0.25) is 0 Å². The topological polar surface area (TPSA) is 24.5 Å². The Morgan fingerprint density at radius 2 is 1.95 bits per heavy atom. The monoisotopic (exact) mass is 264 g/mol. The molecule has 0 bridgehead atoms. The highest BCUT2D eigenvalue weighted by Crippen LogP contribution is 2.19. The molecule has 1 aromatic carbocycles. The fourth-order valence-corrected chi connectivity index (χ4v) is 1.81. The van der Waals surface area contributed by atoms with Gasteiger partial charge in [-0.25, -0.2) is 0 Å². The molecule has 0 heterocycles. The smallest absolute Gasteiger partial charge is 0.120 e. The Kier molecular flexibility index (Phi) is 6.16. The van der Waals surface area contributed by atoms with E-state index in [1.807, 2.05) is 12.1 Å². The molecule has 0 unspecified atom stereocenters. The third-order valence-electron chi connectivity index (χ3n) is 3.17. The average Bonchev–Trinajstić information content (AvgIpc) is 2.37. The number of hydrogen-bond acceptors (Lipinski definition) is 3. The first-order valence-electron chi connectivity index (χ1n) is 6.98. The van der Waals surface area contributed by atoms with Gasteiger partial charge in [-0.05, 0) is 30.5 Å². The number of nitrogens with one attached hydrogen (secondary N) is 1. The lowest BCUT2D eigenvalue weighted by molar-refractivity contribution is 0.368. The second-order valence-electron chi connectivity index (χ2n) is 6.18. The Morgan fingerprint density at radius 3 is 2.58 bits per heavy atom. The van der Waals surface area contributed by atoms with Crippen molar-refractivity contribution < 1.29 is 4.74 Å². The zero-order valence-corrected chi connectivity index (χ0v) is 13.0. The largest absolute Gasteiger partial charge is 0.497 e. The maximum atomic E-state index is 5.24. The highest BCUT2D eigenvalue weighted by Gasteiger charge is 2.08. The van der Waals surface area contributed by atoms with Crippen molar-refractivity contribution in [2.75, 3.05) is 38.7 Å². The summed E-state index contributed by atoms with van der Waals surface area (Å²) >= 11 is 0. The molecule has 0 radical (unpaired) electrons. The summed E-state index contributed by atoms with van der Waals surface area (Å²) in [5.41, 5.74) is 1.60. The van der Waals surface area contributed by atoms with Crippen LogP contribution >= 0.6 is 0 Å². The van der Waals surface area contributed by atoms with Gasteiger partial charge < -0.3 is 15.0 Å². The van der Waals surface area contributed by atoms with E-state index in [0.717, 1.165) is 25.4 Å². The molecule has 0 aliphatic rings. The third kappa shape index (κ3) is 6.48. The number of hydrogen-bond donors (Lipinski definition) is 1. The summed E-state index contributed by atoms with van der Waals surface area (Å²) in [4.78, 5) is 2.24. The van der Waals surface area contributed by atoms with Crippen LogP contribution in [0.2, 0.25) is 0 Å². The van der Waals surface area contributed by atoms with Crippen LogP contribution in [-0.2, 0) is 0 Å². The molecule has 0 aromatic heterocycles. The lowest BCUT2D eigenvalue weighted by Gasteiger charge is -2.21. The summed E-state index contributed by atoms with van der Waals surface area (Å²) in [5.74, 6) is 0.907. The number of likely N-dealkylation sites (N-methyl/N-ethyl adjacent to an activating group) is 1. The Bertz CT molecular complexity index is 371. The first-order chi connectivity index (χ1) is 8.92. The van der Waals surface area contributed by atoms with Crippen LogP contribution in [0.3, 0.4) is 0 Å². The molecule has 1 N–H and O–H groups in total. The number of benzene rings is 1. The molecule has 0 saturated heterocycles. The summed E-state index contributed by atoms with van der Waals surface area (Å²) < 4.78 is 5.24. The molecule has 0 saturated carbocycles. The van der Waals surface area contributed by atoms with Crippen molar-refractivity contribution in [2.45, 2.75) is 27.2 Å². The zero-order chi connectivity index (χ0) is 14.3. The lowest BCUT2D eigenvalue weighted by atomic mass is 9.92. The third-order valence-corrected chi connectivity index (χ3v) is 3.17. The molecule has 3 heteroatoms. The van der Waals surface area contributed by atoms with Crippen LogP contribution in [0.25, 0.3) is 0 Å². The van der Waals surface area contributed by atoms with Crippen LogP contribution in [0.1, 0.15) is 27.2 Å². The Labute approximate surface area is 118 Å². The highest BCUT2D eigenvalue weighted by molar-refractivity contribution is 5.50. The molecule has 0 spiro atoms. The first-order valence-corrected chi connectivity index (χ1v) is 6.98. The van der Waals surface area contributed by atoms with E-state index in [0.29, 0.717) is 5.41 Å². The molecular formula is C16H28N2O. The Balaban J connectivity index is 2.29. The van der Waals surface area contributed by atoms with E-state index in [4.69, 9.17) is 4.74 Å². The molecule has 0 aliphatic heterocycles. The fourth-order valence-electron chi connectivity index (χ4n) is 1.81. The SMILES string of the molecule is COc1cccc(N(C)CCNCCC(C)(C)C)c1. The van der Waals surface area contributed by atoms with Gasteiger partial charge in [0, 0.05) is 31.9 Å². The standard InChI is InChI=1S/C16H28N2O/c1-16(2,3)9-10-17-11-12-18(4)14-7-6-8-15(13-14)19-5/h6-8,13,17H,9-12H2,1-5H3. The number of ether oxygens (including phenoxy) is 1.